The normalized spacial score (nSPS) is 11.6. The smallest absolute Gasteiger partial charge is 0.295 e. The lowest BCUT2D eigenvalue weighted by atomic mass is 10.2. The van der Waals surface area contributed by atoms with Gasteiger partial charge in [-0.15, -0.1) is 0 Å². The zero-order valence-electron chi connectivity index (χ0n) is 12.3. The second-order valence-electron chi connectivity index (χ2n) is 4.97. The van der Waals surface area contributed by atoms with Gasteiger partial charge in [0.25, 0.3) is 10.0 Å². The minimum atomic E-state index is -3.87. The van der Waals surface area contributed by atoms with Crippen LogP contribution in [0.2, 0.25) is 5.02 Å². The number of nitrogens with zero attached hydrogens (tertiary/aromatic N) is 1. The number of rotatable bonds is 4. The molecule has 8 heteroatoms. The quantitative estimate of drug-likeness (QED) is 0.766. The largest absolute Gasteiger partial charge is 0.439 e. The number of anilines is 1. The molecule has 0 bridgehead atoms. The molecule has 0 saturated heterocycles. The van der Waals surface area contributed by atoms with Crippen LogP contribution in [-0.2, 0) is 10.0 Å². The molecular weight excluding hydrogens is 340 g/mol. The molecule has 23 heavy (non-hydrogen) atoms. The standard InChI is InChI=1S/C15H13ClN2O4S/c1-9-8-14(22-17-9)13-6-7-15(21-13)23(19,20)18-12-5-3-4-11(16)10(12)2/h3-8,18H,1-2H3. The first-order valence-corrected chi connectivity index (χ1v) is 8.54. The molecule has 2 heterocycles. The van der Waals surface area contributed by atoms with E-state index in [4.69, 9.17) is 20.5 Å². The third-order valence-electron chi connectivity index (χ3n) is 3.23. The molecule has 0 amide bonds. The van der Waals surface area contributed by atoms with Gasteiger partial charge in [-0.1, -0.05) is 22.8 Å². The predicted molar refractivity (Wildman–Crippen MR) is 85.9 cm³/mol. The minimum Gasteiger partial charge on any atom is -0.439 e. The van der Waals surface area contributed by atoms with E-state index >= 15 is 0 Å². The van der Waals surface area contributed by atoms with Gasteiger partial charge in [-0.25, -0.2) is 0 Å². The molecule has 3 rings (SSSR count). The molecular formula is C15H13ClN2O4S. The van der Waals surface area contributed by atoms with Gasteiger partial charge >= 0.3 is 0 Å². The lowest BCUT2D eigenvalue weighted by Gasteiger charge is -2.09. The van der Waals surface area contributed by atoms with Gasteiger partial charge in [-0.05, 0) is 43.7 Å². The number of hydrogen-bond acceptors (Lipinski definition) is 5. The van der Waals surface area contributed by atoms with E-state index in [-0.39, 0.29) is 10.9 Å². The van der Waals surface area contributed by atoms with Gasteiger partial charge in [0.05, 0.1) is 11.4 Å². The van der Waals surface area contributed by atoms with Crippen molar-refractivity contribution in [2.24, 2.45) is 0 Å². The van der Waals surface area contributed by atoms with Crippen molar-refractivity contribution in [1.29, 1.82) is 0 Å². The van der Waals surface area contributed by atoms with Crippen molar-refractivity contribution in [3.8, 4) is 11.5 Å². The summed E-state index contributed by atoms with van der Waals surface area (Å²) in [5.41, 5.74) is 1.70. The SMILES string of the molecule is Cc1cc(-c2ccc(S(=O)(=O)Nc3cccc(Cl)c3C)o2)on1. The number of benzene rings is 1. The first-order chi connectivity index (χ1) is 10.9. The fourth-order valence-electron chi connectivity index (χ4n) is 1.99. The van der Waals surface area contributed by atoms with Crippen molar-refractivity contribution in [3.63, 3.8) is 0 Å². The summed E-state index contributed by atoms with van der Waals surface area (Å²) in [6.45, 7) is 3.49. The Labute approximate surface area is 138 Å². The van der Waals surface area contributed by atoms with Crippen molar-refractivity contribution < 1.29 is 17.4 Å². The highest BCUT2D eigenvalue weighted by Crippen LogP contribution is 2.28. The topological polar surface area (TPSA) is 85.3 Å². The molecule has 0 atom stereocenters. The Kier molecular flexibility index (Phi) is 3.91. The van der Waals surface area contributed by atoms with Crippen LogP contribution in [0, 0.1) is 13.8 Å². The van der Waals surface area contributed by atoms with E-state index in [0.717, 1.165) is 0 Å². The molecule has 0 aliphatic carbocycles. The Hall–Kier alpha value is -2.25. The molecule has 6 nitrogen and oxygen atoms in total. The van der Waals surface area contributed by atoms with Crippen molar-refractivity contribution in [2.75, 3.05) is 4.72 Å². The highest BCUT2D eigenvalue weighted by molar-refractivity contribution is 7.92. The summed E-state index contributed by atoms with van der Waals surface area (Å²) in [6, 6.07) is 9.50. The van der Waals surface area contributed by atoms with Crippen LogP contribution in [0.25, 0.3) is 11.5 Å². The first kappa shape index (κ1) is 15.6. The Morgan fingerprint density at radius 3 is 2.61 bits per heavy atom. The molecule has 0 aliphatic heterocycles. The van der Waals surface area contributed by atoms with Crippen LogP contribution in [0.4, 0.5) is 5.69 Å². The predicted octanol–water partition coefficient (Wildman–Crippen LogP) is 4.01. The van der Waals surface area contributed by atoms with E-state index in [1.807, 2.05) is 0 Å². The number of aromatic nitrogens is 1. The van der Waals surface area contributed by atoms with E-state index in [1.165, 1.54) is 12.1 Å². The molecule has 0 unspecified atom stereocenters. The second-order valence-corrected chi connectivity index (χ2v) is 6.99. The van der Waals surface area contributed by atoms with Crippen LogP contribution in [0.5, 0.6) is 0 Å². The molecule has 0 radical (unpaired) electrons. The number of furan rings is 1. The molecule has 1 aromatic carbocycles. The van der Waals surface area contributed by atoms with Gasteiger partial charge in [0.1, 0.15) is 0 Å². The highest BCUT2D eigenvalue weighted by atomic mass is 35.5. The maximum Gasteiger partial charge on any atom is 0.295 e. The third kappa shape index (κ3) is 3.11. The number of halogens is 1. The van der Waals surface area contributed by atoms with Crippen LogP contribution in [0.15, 0.2) is 50.4 Å². The Morgan fingerprint density at radius 2 is 1.91 bits per heavy atom. The summed E-state index contributed by atoms with van der Waals surface area (Å²) in [7, 11) is -3.87. The maximum absolute atomic E-state index is 12.4. The Morgan fingerprint density at radius 1 is 1.13 bits per heavy atom. The first-order valence-electron chi connectivity index (χ1n) is 6.68. The number of aryl methyl sites for hydroxylation is 1. The summed E-state index contributed by atoms with van der Waals surface area (Å²) in [4.78, 5) is 0. The summed E-state index contributed by atoms with van der Waals surface area (Å²) in [5, 5.41) is 3.99. The van der Waals surface area contributed by atoms with E-state index in [1.54, 1.807) is 38.1 Å². The van der Waals surface area contributed by atoms with Crippen LogP contribution in [0.3, 0.4) is 0 Å². The fraction of sp³-hybridized carbons (Fsp3) is 0.133. The zero-order chi connectivity index (χ0) is 16.6. The molecule has 0 aliphatic rings. The molecule has 3 aromatic rings. The molecule has 120 valence electrons. The summed E-state index contributed by atoms with van der Waals surface area (Å²) < 4.78 is 37.7. The second kappa shape index (κ2) is 5.75. The average molecular weight is 353 g/mol. The molecule has 2 aromatic heterocycles. The van der Waals surface area contributed by atoms with Crippen molar-refractivity contribution in [2.45, 2.75) is 18.9 Å². The Bertz CT molecular complexity index is 960. The van der Waals surface area contributed by atoms with Crippen molar-refractivity contribution in [1.82, 2.24) is 5.16 Å². The van der Waals surface area contributed by atoms with Gasteiger partial charge in [-0.2, -0.15) is 8.42 Å². The van der Waals surface area contributed by atoms with Gasteiger partial charge in [0.15, 0.2) is 5.76 Å². The number of hydrogen-bond donors (Lipinski definition) is 1. The van der Waals surface area contributed by atoms with Crippen LogP contribution < -0.4 is 4.72 Å². The highest BCUT2D eigenvalue weighted by Gasteiger charge is 2.21. The van der Waals surface area contributed by atoms with Crippen LogP contribution >= 0.6 is 11.6 Å². The lowest BCUT2D eigenvalue weighted by Crippen LogP contribution is -2.13. The summed E-state index contributed by atoms with van der Waals surface area (Å²) in [5.74, 6) is 0.650. The fourth-order valence-corrected chi connectivity index (χ4v) is 3.22. The zero-order valence-corrected chi connectivity index (χ0v) is 13.9. The summed E-state index contributed by atoms with van der Waals surface area (Å²) >= 11 is 6.00. The molecule has 0 saturated carbocycles. The van der Waals surface area contributed by atoms with Gasteiger partial charge in [0.2, 0.25) is 10.9 Å². The van der Waals surface area contributed by atoms with Gasteiger partial charge < -0.3 is 8.94 Å². The van der Waals surface area contributed by atoms with Crippen molar-refractivity contribution >= 4 is 27.3 Å². The van der Waals surface area contributed by atoms with Gasteiger partial charge in [-0.3, -0.25) is 4.72 Å². The summed E-state index contributed by atoms with van der Waals surface area (Å²) in [6.07, 6.45) is 0. The van der Waals surface area contributed by atoms with Crippen molar-refractivity contribution in [3.05, 3.63) is 52.7 Å². The van der Waals surface area contributed by atoms with E-state index in [2.05, 4.69) is 9.88 Å². The Balaban J connectivity index is 1.91. The number of sulfonamides is 1. The maximum atomic E-state index is 12.4. The molecule has 0 fully saturated rings. The number of nitrogens with one attached hydrogen (secondary N) is 1. The van der Waals surface area contributed by atoms with Crippen LogP contribution in [0.1, 0.15) is 11.3 Å². The van der Waals surface area contributed by atoms with E-state index in [9.17, 15) is 8.42 Å². The minimum absolute atomic E-state index is 0.221. The monoisotopic (exact) mass is 352 g/mol. The molecule has 1 N–H and O–H groups in total. The third-order valence-corrected chi connectivity index (χ3v) is 4.88. The van der Waals surface area contributed by atoms with Crippen LogP contribution in [-0.4, -0.2) is 13.6 Å². The van der Waals surface area contributed by atoms with E-state index < -0.39 is 10.0 Å². The molecule has 0 spiro atoms. The average Bonchev–Trinajstić information content (AvgIpc) is 3.12. The lowest BCUT2D eigenvalue weighted by molar-refractivity contribution is 0.398. The van der Waals surface area contributed by atoms with Gasteiger partial charge in [0, 0.05) is 11.1 Å². The van der Waals surface area contributed by atoms with E-state index in [0.29, 0.717) is 27.7 Å².